The molecule has 0 fully saturated rings. The van der Waals surface area contributed by atoms with Gasteiger partial charge in [0.1, 0.15) is 5.51 Å². The molecular weight excluding hydrogens is 206 g/mol. The third-order valence-electron chi connectivity index (χ3n) is 1.60. The summed E-state index contributed by atoms with van der Waals surface area (Å²) in [5.41, 5.74) is 6.99. The van der Waals surface area contributed by atoms with Gasteiger partial charge in [0.25, 0.3) is 0 Å². The monoisotopic (exact) mass is 219 g/mol. The SMILES string of the molecule is CC(N)(CO)CCSc1nncs1. The maximum atomic E-state index is 8.89. The zero-order valence-corrected chi connectivity index (χ0v) is 9.07. The smallest absolute Gasteiger partial charge is 0.174 e. The van der Waals surface area contributed by atoms with Crippen molar-refractivity contribution in [3.63, 3.8) is 0 Å². The molecule has 1 aromatic heterocycles. The second-order valence-corrected chi connectivity index (χ2v) is 5.29. The number of hydrogen-bond donors (Lipinski definition) is 2. The number of rotatable bonds is 5. The average Bonchev–Trinajstić information content (AvgIpc) is 2.57. The molecule has 0 aliphatic heterocycles. The van der Waals surface area contributed by atoms with Crippen molar-refractivity contribution in [3.8, 4) is 0 Å². The first-order valence-electron chi connectivity index (χ1n) is 3.93. The molecule has 1 aromatic rings. The van der Waals surface area contributed by atoms with E-state index in [9.17, 15) is 0 Å². The molecule has 0 spiro atoms. The predicted octanol–water partition coefficient (Wildman–Crippen LogP) is 0.730. The third kappa shape index (κ3) is 4.04. The first-order valence-corrected chi connectivity index (χ1v) is 5.79. The number of nitrogens with two attached hydrogens (primary N) is 1. The van der Waals surface area contributed by atoms with Crippen LogP contribution in [0.1, 0.15) is 13.3 Å². The van der Waals surface area contributed by atoms with Crippen LogP contribution in [-0.4, -0.2) is 33.2 Å². The number of hydrogen-bond acceptors (Lipinski definition) is 6. The van der Waals surface area contributed by atoms with Crippen LogP contribution in [0, 0.1) is 0 Å². The van der Waals surface area contributed by atoms with Crippen LogP contribution in [0.3, 0.4) is 0 Å². The van der Waals surface area contributed by atoms with Crippen molar-refractivity contribution in [1.82, 2.24) is 10.2 Å². The molecular formula is C7H13N3OS2. The van der Waals surface area contributed by atoms with Crippen molar-refractivity contribution in [1.29, 1.82) is 0 Å². The molecule has 0 aliphatic rings. The van der Waals surface area contributed by atoms with E-state index in [1.807, 2.05) is 6.92 Å². The molecule has 0 bridgehead atoms. The fraction of sp³-hybridized carbons (Fsp3) is 0.714. The molecule has 1 unspecified atom stereocenters. The van der Waals surface area contributed by atoms with Crippen LogP contribution >= 0.6 is 23.1 Å². The summed E-state index contributed by atoms with van der Waals surface area (Å²) in [7, 11) is 0. The summed E-state index contributed by atoms with van der Waals surface area (Å²) in [6.07, 6.45) is 0.772. The lowest BCUT2D eigenvalue weighted by atomic mass is 10.0. The minimum absolute atomic E-state index is 0.0175. The van der Waals surface area contributed by atoms with Crippen LogP contribution in [0.25, 0.3) is 0 Å². The standard InChI is InChI=1S/C7H13N3OS2/c1-7(8,4-11)2-3-12-6-10-9-5-13-6/h5,11H,2-4,8H2,1H3. The predicted molar refractivity (Wildman–Crippen MR) is 54.9 cm³/mol. The van der Waals surface area contributed by atoms with Crippen LogP contribution in [0.5, 0.6) is 0 Å². The van der Waals surface area contributed by atoms with Crippen molar-refractivity contribution in [2.45, 2.75) is 23.2 Å². The Labute approximate surface area is 85.6 Å². The van der Waals surface area contributed by atoms with Crippen molar-refractivity contribution < 1.29 is 5.11 Å². The Hall–Kier alpha value is -0.170. The Morgan fingerprint density at radius 3 is 3.08 bits per heavy atom. The van der Waals surface area contributed by atoms with Crippen LogP contribution < -0.4 is 5.73 Å². The normalized spacial score (nSPS) is 15.6. The van der Waals surface area contributed by atoms with E-state index in [2.05, 4.69) is 10.2 Å². The number of aliphatic hydroxyl groups is 1. The summed E-state index contributed by atoms with van der Waals surface area (Å²) < 4.78 is 0.953. The highest BCUT2D eigenvalue weighted by molar-refractivity contribution is 8.00. The van der Waals surface area contributed by atoms with Gasteiger partial charge in [-0.3, -0.25) is 0 Å². The Balaban J connectivity index is 2.21. The summed E-state index contributed by atoms with van der Waals surface area (Å²) in [6, 6.07) is 0. The summed E-state index contributed by atoms with van der Waals surface area (Å²) in [5.74, 6) is 0.864. The van der Waals surface area contributed by atoms with E-state index in [0.717, 1.165) is 16.5 Å². The summed E-state index contributed by atoms with van der Waals surface area (Å²) in [6.45, 7) is 1.86. The van der Waals surface area contributed by atoms with Gasteiger partial charge in [0.15, 0.2) is 4.34 Å². The minimum atomic E-state index is -0.475. The lowest BCUT2D eigenvalue weighted by molar-refractivity contribution is 0.206. The maximum Gasteiger partial charge on any atom is 0.174 e. The fourth-order valence-corrected chi connectivity index (χ4v) is 2.45. The van der Waals surface area contributed by atoms with Gasteiger partial charge < -0.3 is 10.8 Å². The third-order valence-corrected chi connectivity index (χ3v) is 3.46. The molecule has 4 nitrogen and oxygen atoms in total. The first kappa shape index (κ1) is 10.9. The van der Waals surface area contributed by atoms with E-state index in [-0.39, 0.29) is 6.61 Å². The first-order chi connectivity index (χ1) is 6.14. The van der Waals surface area contributed by atoms with Crippen LogP contribution in [0.4, 0.5) is 0 Å². The van der Waals surface area contributed by atoms with E-state index in [1.165, 1.54) is 11.3 Å². The van der Waals surface area contributed by atoms with E-state index >= 15 is 0 Å². The lowest BCUT2D eigenvalue weighted by Crippen LogP contribution is -2.40. The number of aromatic nitrogens is 2. The Bertz CT molecular complexity index is 238. The highest BCUT2D eigenvalue weighted by Crippen LogP contribution is 2.21. The second kappa shape index (κ2) is 4.90. The molecule has 0 aromatic carbocycles. The molecule has 0 saturated carbocycles. The van der Waals surface area contributed by atoms with Gasteiger partial charge >= 0.3 is 0 Å². The molecule has 74 valence electrons. The van der Waals surface area contributed by atoms with Gasteiger partial charge in [-0.25, -0.2) is 0 Å². The fourth-order valence-electron chi connectivity index (χ4n) is 0.676. The molecule has 1 atom stereocenters. The van der Waals surface area contributed by atoms with Crippen molar-refractivity contribution in [3.05, 3.63) is 5.51 Å². The Morgan fingerprint density at radius 2 is 2.54 bits per heavy atom. The van der Waals surface area contributed by atoms with Crippen LogP contribution in [-0.2, 0) is 0 Å². The quantitative estimate of drug-likeness (QED) is 0.714. The van der Waals surface area contributed by atoms with Crippen molar-refractivity contribution in [2.24, 2.45) is 5.73 Å². The van der Waals surface area contributed by atoms with Gasteiger partial charge in [-0.05, 0) is 13.3 Å². The highest BCUT2D eigenvalue weighted by Gasteiger charge is 2.16. The Morgan fingerprint density at radius 1 is 1.77 bits per heavy atom. The lowest BCUT2D eigenvalue weighted by Gasteiger charge is -2.20. The summed E-state index contributed by atoms with van der Waals surface area (Å²) in [4.78, 5) is 0. The van der Waals surface area contributed by atoms with Crippen LogP contribution in [0.15, 0.2) is 9.85 Å². The molecule has 0 amide bonds. The highest BCUT2D eigenvalue weighted by atomic mass is 32.2. The zero-order chi connectivity index (χ0) is 9.73. The molecule has 1 heterocycles. The molecule has 6 heteroatoms. The average molecular weight is 219 g/mol. The van der Waals surface area contributed by atoms with Crippen LogP contribution in [0.2, 0.25) is 0 Å². The minimum Gasteiger partial charge on any atom is -0.394 e. The van der Waals surface area contributed by atoms with E-state index in [4.69, 9.17) is 10.8 Å². The maximum absolute atomic E-state index is 8.89. The van der Waals surface area contributed by atoms with Gasteiger partial charge in [-0.15, -0.1) is 10.2 Å². The topological polar surface area (TPSA) is 72.0 Å². The van der Waals surface area contributed by atoms with E-state index < -0.39 is 5.54 Å². The number of nitrogens with zero attached hydrogens (tertiary/aromatic N) is 2. The molecule has 0 saturated heterocycles. The molecule has 13 heavy (non-hydrogen) atoms. The molecule has 1 rings (SSSR count). The van der Waals surface area contributed by atoms with Crippen molar-refractivity contribution in [2.75, 3.05) is 12.4 Å². The van der Waals surface area contributed by atoms with Gasteiger partial charge in [-0.1, -0.05) is 23.1 Å². The van der Waals surface area contributed by atoms with Gasteiger partial charge in [-0.2, -0.15) is 0 Å². The van der Waals surface area contributed by atoms with Gasteiger partial charge in [0.2, 0.25) is 0 Å². The number of aliphatic hydroxyl groups excluding tert-OH is 1. The van der Waals surface area contributed by atoms with E-state index in [0.29, 0.717) is 0 Å². The largest absolute Gasteiger partial charge is 0.394 e. The second-order valence-electron chi connectivity index (χ2n) is 3.12. The number of thioether (sulfide) groups is 1. The zero-order valence-electron chi connectivity index (χ0n) is 7.43. The van der Waals surface area contributed by atoms with Gasteiger partial charge in [0, 0.05) is 11.3 Å². The van der Waals surface area contributed by atoms with Gasteiger partial charge in [0.05, 0.1) is 6.61 Å². The molecule has 3 N–H and O–H groups in total. The van der Waals surface area contributed by atoms with E-state index in [1.54, 1.807) is 17.3 Å². The Kier molecular flexibility index (Phi) is 4.11. The molecule has 0 radical (unpaired) electrons. The van der Waals surface area contributed by atoms with Crippen molar-refractivity contribution >= 4 is 23.1 Å². The summed E-state index contributed by atoms with van der Waals surface area (Å²) >= 11 is 3.14. The molecule has 0 aliphatic carbocycles. The summed E-state index contributed by atoms with van der Waals surface area (Å²) in [5, 5.41) is 16.5.